The molecule has 29 heavy (non-hydrogen) atoms. The molecule has 0 aliphatic carbocycles. The van der Waals surface area contributed by atoms with Crippen molar-refractivity contribution >= 4 is 25.8 Å². The minimum absolute atomic E-state index is 0.120. The lowest BCUT2D eigenvalue weighted by atomic mass is 10.0. The number of unbranched alkanes of at least 4 members (excludes halogenated alkanes) is 8. The maximum atomic E-state index is 10.6. The molecule has 0 spiro atoms. The minimum Gasteiger partial charge on any atom is -0.472 e. The highest BCUT2D eigenvalue weighted by molar-refractivity contribution is 7.97. The van der Waals surface area contributed by atoms with E-state index in [0.29, 0.717) is 18.7 Å². The molecule has 0 radical (unpaired) electrons. The van der Waals surface area contributed by atoms with Gasteiger partial charge in [-0.05, 0) is 18.3 Å². The Morgan fingerprint density at radius 1 is 1.07 bits per heavy atom. The molecule has 0 saturated heterocycles. The summed E-state index contributed by atoms with van der Waals surface area (Å²) in [7, 11) is -4.45. The predicted molar refractivity (Wildman–Crippen MR) is 117 cm³/mol. The fourth-order valence-electron chi connectivity index (χ4n) is 2.69. The zero-order chi connectivity index (χ0) is 21.8. The van der Waals surface area contributed by atoms with Crippen molar-refractivity contribution in [3.05, 3.63) is 0 Å². The molecule has 1 atom stereocenters. The third-order valence-electron chi connectivity index (χ3n) is 4.09. The van der Waals surface area contributed by atoms with Gasteiger partial charge in [0.25, 0.3) is 0 Å². The normalized spacial score (nSPS) is 11.8. The Morgan fingerprint density at radius 3 is 2.28 bits per heavy atom. The molecule has 0 aromatic heterocycles. The average Bonchev–Trinajstić information content (AvgIpc) is 2.64. The molecule has 1 unspecified atom stereocenters. The van der Waals surface area contributed by atoms with E-state index in [2.05, 4.69) is 34.0 Å². The molecular formula is C20H34NO6PS. The Labute approximate surface area is 179 Å². The van der Waals surface area contributed by atoms with E-state index < -0.39 is 13.8 Å². The molecule has 0 rings (SSSR count). The van der Waals surface area contributed by atoms with Gasteiger partial charge in [-0.1, -0.05) is 70.6 Å². The van der Waals surface area contributed by atoms with Gasteiger partial charge in [0.15, 0.2) is 0 Å². The first-order chi connectivity index (χ1) is 13.8. The van der Waals surface area contributed by atoms with Crippen molar-refractivity contribution in [3.63, 3.8) is 0 Å². The third-order valence-corrected chi connectivity index (χ3v) is 5.66. The summed E-state index contributed by atoms with van der Waals surface area (Å²) in [5.74, 6) is 8.85. The molecule has 0 aromatic rings. The highest BCUT2D eigenvalue weighted by atomic mass is 32.2. The van der Waals surface area contributed by atoms with E-state index in [1.807, 2.05) is 5.92 Å². The molecule has 166 valence electrons. The molecule has 0 aliphatic rings. The van der Waals surface area contributed by atoms with Crippen LogP contribution in [-0.4, -0.2) is 39.2 Å². The lowest BCUT2D eigenvalue weighted by molar-refractivity contribution is -0.130. The second kappa shape index (κ2) is 19.0. The van der Waals surface area contributed by atoms with Crippen molar-refractivity contribution < 1.29 is 28.2 Å². The Kier molecular flexibility index (Phi) is 18.4. The van der Waals surface area contributed by atoms with Crippen molar-refractivity contribution in [1.82, 2.24) is 5.32 Å². The van der Waals surface area contributed by atoms with Gasteiger partial charge in [-0.15, -0.1) is 0 Å². The molecule has 4 N–H and O–H groups in total. The SMILES string of the molecule is CCCCCCCCCCCC(CC#CC#CC(=O)O)NCCSOP(=O)(O)O. The third kappa shape index (κ3) is 23.2. The highest BCUT2D eigenvalue weighted by Gasteiger charge is 2.14. The van der Waals surface area contributed by atoms with Crippen LogP contribution in [0.4, 0.5) is 0 Å². The smallest absolute Gasteiger partial charge is 0.472 e. The van der Waals surface area contributed by atoms with Crippen molar-refractivity contribution in [2.24, 2.45) is 0 Å². The van der Waals surface area contributed by atoms with E-state index >= 15 is 0 Å². The number of carboxylic acids is 1. The maximum absolute atomic E-state index is 10.6. The first-order valence-corrected chi connectivity index (χ1v) is 12.6. The van der Waals surface area contributed by atoms with Crippen LogP contribution in [0.1, 0.15) is 77.6 Å². The summed E-state index contributed by atoms with van der Waals surface area (Å²) >= 11 is 0.731. The van der Waals surface area contributed by atoms with E-state index in [9.17, 15) is 9.36 Å². The van der Waals surface area contributed by atoms with Crippen LogP contribution in [0.15, 0.2) is 0 Å². The van der Waals surface area contributed by atoms with Crippen LogP contribution in [0.3, 0.4) is 0 Å². The second-order valence-electron chi connectivity index (χ2n) is 6.72. The predicted octanol–water partition coefficient (Wildman–Crippen LogP) is 4.10. The highest BCUT2D eigenvalue weighted by Crippen LogP contribution is 2.40. The molecule has 0 heterocycles. The standard InChI is InChI=1S/C20H34NO6PS/c1-2-3-4-5-6-7-8-9-11-14-19(15-12-10-13-16-20(22)23)21-17-18-29-27-28(24,25)26/h19,21H,2-9,11,14-15,17-18H2,1H3,(H,22,23)(H2,24,25,26). The molecule has 0 aromatic carbocycles. The van der Waals surface area contributed by atoms with E-state index in [1.165, 1.54) is 44.9 Å². The summed E-state index contributed by atoms with van der Waals surface area (Å²) in [6.45, 7) is 2.74. The first kappa shape index (κ1) is 28.0. The Balaban J connectivity index is 4.12. The quantitative estimate of drug-likeness (QED) is 0.114. The van der Waals surface area contributed by atoms with Crippen molar-refractivity contribution in [1.29, 1.82) is 0 Å². The zero-order valence-electron chi connectivity index (χ0n) is 17.2. The Morgan fingerprint density at radius 2 is 1.69 bits per heavy atom. The van der Waals surface area contributed by atoms with Gasteiger partial charge >= 0.3 is 13.8 Å². The van der Waals surface area contributed by atoms with Crippen LogP contribution in [0, 0.1) is 23.7 Å². The minimum atomic E-state index is -4.45. The van der Waals surface area contributed by atoms with Gasteiger partial charge in [0.05, 0.1) is 0 Å². The van der Waals surface area contributed by atoms with E-state index in [0.717, 1.165) is 31.3 Å². The molecule has 9 heteroatoms. The number of rotatable bonds is 17. The summed E-state index contributed by atoms with van der Waals surface area (Å²) in [5.41, 5.74) is 0. The van der Waals surface area contributed by atoms with Crippen molar-refractivity contribution in [3.8, 4) is 23.7 Å². The largest absolute Gasteiger partial charge is 0.480 e. The number of carboxylic acid groups (broad SMARTS) is 1. The van der Waals surface area contributed by atoms with Gasteiger partial charge in [-0.25, -0.2) is 13.3 Å². The van der Waals surface area contributed by atoms with Gasteiger partial charge in [-0.3, -0.25) is 0 Å². The van der Waals surface area contributed by atoms with Crippen LogP contribution in [0.25, 0.3) is 0 Å². The number of nitrogens with one attached hydrogen (secondary N) is 1. The number of carbonyl (C=O) groups is 1. The number of hydrogen-bond acceptors (Lipinski definition) is 5. The van der Waals surface area contributed by atoms with E-state index in [-0.39, 0.29) is 6.04 Å². The summed E-state index contributed by atoms with van der Waals surface area (Å²) < 4.78 is 15.0. The first-order valence-electron chi connectivity index (χ1n) is 10.2. The molecule has 0 saturated carbocycles. The van der Waals surface area contributed by atoms with Crippen LogP contribution in [0.5, 0.6) is 0 Å². The fourth-order valence-corrected chi connectivity index (χ4v) is 3.74. The summed E-state index contributed by atoms with van der Waals surface area (Å²) in [4.78, 5) is 27.7. The molecule has 0 bridgehead atoms. The molecular weight excluding hydrogens is 413 g/mol. The van der Waals surface area contributed by atoms with Crippen molar-refractivity contribution in [2.45, 2.75) is 83.6 Å². The zero-order valence-corrected chi connectivity index (χ0v) is 18.9. The van der Waals surface area contributed by atoms with Gasteiger partial charge in [0, 0.05) is 42.7 Å². The van der Waals surface area contributed by atoms with Gasteiger partial charge in [0.1, 0.15) is 0 Å². The molecule has 0 aliphatic heterocycles. The van der Waals surface area contributed by atoms with E-state index in [4.69, 9.17) is 14.9 Å². The molecule has 0 amide bonds. The van der Waals surface area contributed by atoms with Crippen LogP contribution in [-0.2, 0) is 13.3 Å². The van der Waals surface area contributed by atoms with Crippen molar-refractivity contribution in [2.75, 3.05) is 12.3 Å². The summed E-state index contributed by atoms with van der Waals surface area (Å²) in [6, 6.07) is 0.120. The lowest BCUT2D eigenvalue weighted by Crippen LogP contribution is -2.30. The number of hydrogen-bond donors (Lipinski definition) is 4. The topological polar surface area (TPSA) is 116 Å². The maximum Gasteiger partial charge on any atom is 0.480 e. The van der Waals surface area contributed by atoms with Gasteiger partial charge in [-0.2, -0.15) is 0 Å². The fraction of sp³-hybridized carbons (Fsp3) is 0.750. The Bertz CT molecular complexity index is 602. The van der Waals surface area contributed by atoms with Gasteiger partial charge in [0.2, 0.25) is 0 Å². The van der Waals surface area contributed by atoms with Crippen LogP contribution in [0.2, 0.25) is 0 Å². The average molecular weight is 448 g/mol. The van der Waals surface area contributed by atoms with E-state index in [1.54, 1.807) is 0 Å². The summed E-state index contributed by atoms with van der Waals surface area (Å²) in [6.07, 6.45) is 12.7. The van der Waals surface area contributed by atoms with Crippen LogP contribution < -0.4 is 5.32 Å². The monoisotopic (exact) mass is 447 g/mol. The summed E-state index contributed by atoms with van der Waals surface area (Å²) in [5, 5.41) is 11.8. The number of phosphoric acid groups is 1. The Hall–Kier alpha value is -0.990. The number of aliphatic carboxylic acids is 1. The molecule has 0 fully saturated rings. The van der Waals surface area contributed by atoms with Gasteiger partial charge < -0.3 is 20.2 Å². The second-order valence-corrected chi connectivity index (χ2v) is 8.94. The lowest BCUT2D eigenvalue weighted by Gasteiger charge is -2.16. The molecule has 7 nitrogen and oxygen atoms in total. The van der Waals surface area contributed by atoms with Crippen LogP contribution >= 0.6 is 19.9 Å².